The van der Waals surface area contributed by atoms with E-state index in [0.29, 0.717) is 0 Å². The fourth-order valence-corrected chi connectivity index (χ4v) is 3.38. The molecule has 0 fully saturated rings. The third-order valence-electron chi connectivity index (χ3n) is 4.36. The van der Waals surface area contributed by atoms with Crippen LogP contribution in [0.4, 0.5) is 0 Å². The smallest absolute Gasteiger partial charge is 0.385 e. The molecule has 154 valence electrons. The van der Waals surface area contributed by atoms with Gasteiger partial charge in [-0.2, -0.15) is 0 Å². The molecule has 0 aliphatic heterocycles. The minimum Gasteiger partial charge on any atom is -0.385 e. The van der Waals surface area contributed by atoms with Gasteiger partial charge in [-0.05, 0) is 12.8 Å². The van der Waals surface area contributed by atoms with Gasteiger partial charge in [0.1, 0.15) is 0 Å². The van der Waals surface area contributed by atoms with Gasteiger partial charge in [-0.25, -0.2) is 4.57 Å². The third kappa shape index (κ3) is 18.0. The van der Waals surface area contributed by atoms with Crippen molar-refractivity contribution >= 4 is 20.2 Å². The Balaban J connectivity index is 3.55. The van der Waals surface area contributed by atoms with Crippen LogP contribution in [0.5, 0.6) is 0 Å². The zero-order chi connectivity index (χ0) is 19.5. The summed E-state index contributed by atoms with van der Waals surface area (Å²) in [6.45, 7) is 4.36. The van der Waals surface area contributed by atoms with Crippen molar-refractivity contribution in [1.82, 2.24) is 0 Å². The lowest BCUT2D eigenvalue weighted by molar-refractivity contribution is -0.138. The first-order valence-corrected chi connectivity index (χ1v) is 11.8. The molecule has 0 aromatic heterocycles. The van der Waals surface area contributed by atoms with Crippen LogP contribution in [-0.4, -0.2) is 11.9 Å². The highest BCUT2D eigenvalue weighted by atomic mass is 31.1. The Kier molecular flexibility index (Phi) is 18.3. The average molecular weight is 391 g/mol. The zero-order valence-corrected chi connectivity index (χ0v) is 17.9. The van der Waals surface area contributed by atoms with Crippen LogP contribution in [0.25, 0.3) is 0 Å². The van der Waals surface area contributed by atoms with Crippen LogP contribution in [0.2, 0.25) is 0 Å². The molecule has 0 aliphatic rings. The maximum atomic E-state index is 11.6. The second kappa shape index (κ2) is 18.9. The van der Waals surface area contributed by atoms with E-state index < -0.39 is 20.2 Å². The predicted octanol–water partition coefficient (Wildman–Crippen LogP) is 6.74. The highest BCUT2D eigenvalue weighted by Crippen LogP contribution is 2.26. The Morgan fingerprint density at radius 1 is 0.577 bits per heavy atom. The summed E-state index contributed by atoms with van der Waals surface area (Å²) in [5, 5.41) is 0. The molecule has 0 aliphatic carbocycles. The molecule has 0 saturated heterocycles. The molecular weight excluding hydrogens is 351 g/mol. The number of unbranched alkanes of at least 4 members (excludes halogenated alkanes) is 12. The van der Waals surface area contributed by atoms with Gasteiger partial charge in [-0.15, -0.1) is 0 Å². The third-order valence-corrected chi connectivity index (χ3v) is 5.15. The summed E-state index contributed by atoms with van der Waals surface area (Å²) < 4.78 is 21.0. The van der Waals surface area contributed by atoms with E-state index in [1.165, 1.54) is 51.4 Å². The molecule has 0 radical (unpaired) electrons. The Morgan fingerprint density at radius 3 is 1.23 bits per heavy atom. The zero-order valence-electron chi connectivity index (χ0n) is 16.9. The van der Waals surface area contributed by atoms with Gasteiger partial charge in [0.05, 0.1) is 0 Å². The van der Waals surface area contributed by atoms with Crippen LogP contribution in [0.3, 0.4) is 0 Å². The van der Waals surface area contributed by atoms with E-state index in [1.54, 1.807) is 0 Å². The molecule has 0 atom stereocenters. The van der Waals surface area contributed by atoms with Gasteiger partial charge in [0.25, 0.3) is 0 Å². The highest BCUT2D eigenvalue weighted by molar-refractivity contribution is 7.34. The van der Waals surface area contributed by atoms with Crippen molar-refractivity contribution < 1.29 is 23.2 Å². The summed E-state index contributed by atoms with van der Waals surface area (Å²) >= 11 is 0. The van der Waals surface area contributed by atoms with Crippen LogP contribution in [0, 0.1) is 0 Å². The van der Waals surface area contributed by atoms with E-state index in [2.05, 4.69) is 13.8 Å². The maximum absolute atomic E-state index is 11.6. The largest absolute Gasteiger partial charge is 0.423 e. The SMILES string of the molecule is CCCCCCCCCC(=O)O[PH](=O)OC(=O)CCCCCCCCC. The minimum absolute atomic E-state index is 0.236. The first kappa shape index (κ1) is 25.2. The van der Waals surface area contributed by atoms with Crippen molar-refractivity contribution in [2.45, 2.75) is 117 Å². The fraction of sp³-hybridized carbons (Fsp3) is 0.900. The molecular formula is C20H39O5P. The molecule has 0 N–H and O–H groups in total. The van der Waals surface area contributed by atoms with Crippen molar-refractivity contribution in [1.29, 1.82) is 0 Å². The molecule has 26 heavy (non-hydrogen) atoms. The Labute approximate surface area is 160 Å². The monoisotopic (exact) mass is 390 g/mol. The first-order chi connectivity index (χ1) is 12.6. The molecule has 0 saturated carbocycles. The van der Waals surface area contributed by atoms with Crippen LogP contribution in [0.15, 0.2) is 0 Å². The quantitative estimate of drug-likeness (QED) is 0.191. The van der Waals surface area contributed by atoms with Gasteiger partial charge >= 0.3 is 20.2 Å². The summed E-state index contributed by atoms with van der Waals surface area (Å²) in [4.78, 5) is 23.1. The summed E-state index contributed by atoms with van der Waals surface area (Å²) in [6.07, 6.45) is 15.9. The summed E-state index contributed by atoms with van der Waals surface area (Å²) in [7, 11) is -3.04. The number of carbonyl (C=O) groups excluding carboxylic acids is 2. The highest BCUT2D eigenvalue weighted by Gasteiger charge is 2.12. The lowest BCUT2D eigenvalue weighted by Crippen LogP contribution is -2.03. The second-order valence-corrected chi connectivity index (χ2v) is 7.85. The van der Waals surface area contributed by atoms with Crippen LogP contribution in [0.1, 0.15) is 117 Å². The number of rotatable bonds is 18. The van der Waals surface area contributed by atoms with Gasteiger partial charge in [-0.3, -0.25) is 9.59 Å². The van der Waals surface area contributed by atoms with Crippen molar-refractivity contribution in [3.63, 3.8) is 0 Å². The van der Waals surface area contributed by atoms with Gasteiger partial charge in [0, 0.05) is 12.8 Å². The van der Waals surface area contributed by atoms with E-state index in [9.17, 15) is 14.2 Å². The molecule has 0 amide bonds. The molecule has 6 heteroatoms. The van der Waals surface area contributed by atoms with Gasteiger partial charge in [-0.1, -0.05) is 90.9 Å². The van der Waals surface area contributed by atoms with E-state index >= 15 is 0 Å². The summed E-state index contributed by atoms with van der Waals surface area (Å²) in [6, 6.07) is 0. The second-order valence-electron chi connectivity index (χ2n) is 6.94. The molecule has 0 aromatic rings. The van der Waals surface area contributed by atoms with E-state index in [1.807, 2.05) is 0 Å². The Morgan fingerprint density at radius 2 is 0.885 bits per heavy atom. The van der Waals surface area contributed by atoms with Gasteiger partial charge in [0.15, 0.2) is 0 Å². The lowest BCUT2D eigenvalue weighted by atomic mass is 10.1. The van der Waals surface area contributed by atoms with E-state index in [-0.39, 0.29) is 12.8 Å². The molecule has 0 rings (SSSR count). The topological polar surface area (TPSA) is 69.7 Å². The molecule has 0 unspecified atom stereocenters. The van der Waals surface area contributed by atoms with E-state index in [4.69, 9.17) is 9.05 Å². The normalized spacial score (nSPS) is 10.9. The fourth-order valence-electron chi connectivity index (χ4n) is 2.76. The molecule has 0 bridgehead atoms. The van der Waals surface area contributed by atoms with Crippen LogP contribution in [-0.2, 0) is 23.2 Å². The Hall–Kier alpha value is -0.830. The van der Waals surface area contributed by atoms with Crippen LogP contribution < -0.4 is 0 Å². The molecule has 5 nitrogen and oxygen atoms in total. The van der Waals surface area contributed by atoms with Crippen molar-refractivity contribution in [3.8, 4) is 0 Å². The lowest BCUT2D eigenvalue weighted by Gasteiger charge is -2.06. The number of hydrogen-bond donors (Lipinski definition) is 0. The predicted molar refractivity (Wildman–Crippen MR) is 106 cm³/mol. The van der Waals surface area contributed by atoms with Crippen LogP contribution >= 0.6 is 8.25 Å². The van der Waals surface area contributed by atoms with Crippen molar-refractivity contribution in [2.24, 2.45) is 0 Å². The summed E-state index contributed by atoms with van der Waals surface area (Å²) in [5.74, 6) is -1.07. The standard InChI is InChI=1S/C20H39O5P/c1-3-5-7-9-11-13-15-17-19(21)24-26(23)25-20(22)18-16-14-12-10-8-6-4-2/h26H,3-18H2,1-2H3. The molecule has 0 aromatic carbocycles. The molecule has 0 heterocycles. The van der Waals surface area contributed by atoms with Crippen molar-refractivity contribution in [2.75, 3.05) is 0 Å². The van der Waals surface area contributed by atoms with Gasteiger partial charge in [0.2, 0.25) is 0 Å². The first-order valence-electron chi connectivity index (χ1n) is 10.6. The Bertz CT molecular complexity index is 350. The minimum atomic E-state index is -3.04. The molecule has 0 spiro atoms. The van der Waals surface area contributed by atoms with E-state index in [0.717, 1.165) is 38.5 Å². The van der Waals surface area contributed by atoms with Crippen molar-refractivity contribution in [3.05, 3.63) is 0 Å². The average Bonchev–Trinajstić information content (AvgIpc) is 2.60. The maximum Gasteiger partial charge on any atom is 0.423 e. The van der Waals surface area contributed by atoms with Gasteiger partial charge < -0.3 is 9.05 Å². The summed E-state index contributed by atoms with van der Waals surface area (Å²) in [5.41, 5.74) is 0. The number of carbonyl (C=O) groups is 2. The number of hydrogen-bond acceptors (Lipinski definition) is 5.